The molecule has 3 heterocycles. The molecule has 5 atom stereocenters. The number of unbranched alkanes of at least 4 members (excludes halogenated alkanes) is 1. The highest BCUT2D eigenvalue weighted by Crippen LogP contribution is 2.59. The van der Waals surface area contributed by atoms with Crippen molar-refractivity contribution >= 4 is 29.1 Å². The maximum absolute atomic E-state index is 14.6. The molecule has 10 heteroatoms. The van der Waals surface area contributed by atoms with Crippen molar-refractivity contribution in [3.63, 3.8) is 0 Å². The Morgan fingerprint density at radius 1 is 1.00 bits per heavy atom. The Morgan fingerprint density at radius 2 is 1.60 bits per heavy atom. The highest BCUT2D eigenvalue weighted by Gasteiger charge is 2.74. The van der Waals surface area contributed by atoms with E-state index in [-0.39, 0.29) is 44.0 Å². The fraction of sp³-hybridized carbons (Fsp3) is 0.457. The van der Waals surface area contributed by atoms with Gasteiger partial charge in [0.15, 0.2) is 0 Å². The third-order valence-electron chi connectivity index (χ3n) is 9.13. The average molecular weight is 618 g/mol. The molecule has 240 valence electrons. The number of ether oxygens (including phenoxy) is 3. The lowest BCUT2D eigenvalue weighted by Crippen LogP contribution is -2.56. The van der Waals surface area contributed by atoms with Crippen LogP contribution >= 0.6 is 0 Å². The van der Waals surface area contributed by atoms with E-state index in [9.17, 15) is 19.5 Å². The first-order chi connectivity index (χ1) is 21.8. The fourth-order valence-corrected chi connectivity index (χ4v) is 7.23. The molecule has 0 aromatic heterocycles. The number of amides is 3. The summed E-state index contributed by atoms with van der Waals surface area (Å²) in [5, 5.41) is 9.49. The van der Waals surface area contributed by atoms with Crippen LogP contribution < -0.4 is 19.3 Å². The normalized spacial score (nSPS) is 24.7. The highest BCUT2D eigenvalue weighted by atomic mass is 16.5. The Labute approximate surface area is 264 Å². The van der Waals surface area contributed by atoms with Crippen LogP contribution in [-0.4, -0.2) is 85.4 Å². The van der Waals surface area contributed by atoms with Gasteiger partial charge < -0.3 is 34.0 Å². The maximum atomic E-state index is 14.6. The van der Waals surface area contributed by atoms with Gasteiger partial charge in [-0.25, -0.2) is 0 Å². The molecule has 1 spiro atoms. The number of fused-ring (bicyclic) bond motifs is 1. The molecular weight excluding hydrogens is 574 g/mol. The number of hydrogen-bond acceptors (Lipinski definition) is 7. The molecule has 2 aromatic carbocycles. The lowest BCUT2D eigenvalue weighted by molar-refractivity contribution is -0.140. The third kappa shape index (κ3) is 5.84. The molecule has 3 aliphatic heterocycles. The number of aliphatic hydroxyl groups is 1. The molecule has 0 radical (unpaired) electrons. The smallest absolute Gasteiger partial charge is 0.253 e. The first-order valence-corrected chi connectivity index (χ1v) is 15.7. The Kier molecular flexibility index (Phi) is 9.94. The van der Waals surface area contributed by atoms with E-state index < -0.39 is 29.6 Å². The van der Waals surface area contributed by atoms with E-state index in [1.165, 1.54) is 0 Å². The van der Waals surface area contributed by atoms with Crippen LogP contribution in [0, 0.1) is 11.8 Å². The molecule has 0 saturated carbocycles. The van der Waals surface area contributed by atoms with Crippen molar-refractivity contribution in [2.45, 2.75) is 50.4 Å². The number of likely N-dealkylation sites (tertiary alicyclic amines) is 1. The second-order valence-electron chi connectivity index (χ2n) is 11.6. The monoisotopic (exact) mass is 617 g/mol. The summed E-state index contributed by atoms with van der Waals surface area (Å²) in [5.74, 6) is -1.01. The van der Waals surface area contributed by atoms with Crippen LogP contribution in [0.4, 0.5) is 11.4 Å². The van der Waals surface area contributed by atoms with Gasteiger partial charge in [0.05, 0.1) is 31.7 Å². The van der Waals surface area contributed by atoms with Crippen LogP contribution in [0.3, 0.4) is 0 Å². The van der Waals surface area contributed by atoms with Gasteiger partial charge in [-0.1, -0.05) is 12.2 Å². The molecule has 2 unspecified atom stereocenters. The molecule has 45 heavy (non-hydrogen) atoms. The molecule has 1 N–H and O–H groups in total. The van der Waals surface area contributed by atoms with Gasteiger partial charge >= 0.3 is 0 Å². The first-order valence-electron chi connectivity index (χ1n) is 15.7. The number of anilines is 2. The second kappa shape index (κ2) is 13.9. The van der Waals surface area contributed by atoms with Crippen LogP contribution in [0.5, 0.6) is 11.5 Å². The number of carbonyl (C=O) groups is 3. The minimum Gasteiger partial charge on any atom is -0.497 e. The Hall–Kier alpha value is -4.15. The number of carbonyl (C=O) groups excluding carboxylic acids is 3. The number of rotatable bonds is 15. The zero-order chi connectivity index (χ0) is 32.1. The summed E-state index contributed by atoms with van der Waals surface area (Å²) in [6, 6.07) is 13.5. The van der Waals surface area contributed by atoms with Gasteiger partial charge in [0.2, 0.25) is 11.8 Å². The Balaban J connectivity index is 1.51. The van der Waals surface area contributed by atoms with Crippen molar-refractivity contribution in [3.05, 3.63) is 73.8 Å². The number of aliphatic hydroxyl groups excluding tert-OH is 1. The summed E-state index contributed by atoms with van der Waals surface area (Å²) in [6.45, 7) is 10.9. The molecule has 10 nitrogen and oxygen atoms in total. The lowest BCUT2D eigenvalue weighted by atomic mass is 9.70. The van der Waals surface area contributed by atoms with E-state index in [1.54, 1.807) is 58.2 Å². The standard InChI is InChI=1S/C35H43N3O7/c1-5-20-36(24-12-16-27(17-13-24)44-7-3)32(40)29-28-18-19-35(45-28)30(29)33(41)38(22-8-9-23-39)31(35)34(42)37(21-6-2)25-10-14-26(43-4)15-11-25/h5-6,10-17,28-31,39H,1-2,7-9,18-23H2,3-4H3/t28-,29+,30+,31?,35?/m1/s1. The van der Waals surface area contributed by atoms with Gasteiger partial charge in [0.25, 0.3) is 5.91 Å². The van der Waals surface area contributed by atoms with Crippen LogP contribution in [0.2, 0.25) is 0 Å². The maximum Gasteiger partial charge on any atom is 0.253 e. The minimum absolute atomic E-state index is 0.0259. The van der Waals surface area contributed by atoms with Gasteiger partial charge in [-0.3, -0.25) is 14.4 Å². The van der Waals surface area contributed by atoms with Crippen molar-refractivity contribution in [2.75, 3.05) is 49.8 Å². The largest absolute Gasteiger partial charge is 0.497 e. The van der Waals surface area contributed by atoms with Crippen LogP contribution in [-0.2, 0) is 19.1 Å². The molecule has 0 aliphatic carbocycles. The third-order valence-corrected chi connectivity index (χ3v) is 9.13. The van der Waals surface area contributed by atoms with Gasteiger partial charge in [-0.05, 0) is 81.1 Å². The molecule has 3 fully saturated rings. The molecule has 5 rings (SSSR count). The summed E-state index contributed by atoms with van der Waals surface area (Å²) in [5.41, 5.74) is 0.147. The van der Waals surface area contributed by atoms with E-state index in [0.717, 1.165) is 0 Å². The molecule has 2 bridgehead atoms. The molecular formula is C35H43N3O7. The second-order valence-corrected chi connectivity index (χ2v) is 11.6. The predicted octanol–water partition coefficient (Wildman–Crippen LogP) is 3.98. The minimum atomic E-state index is -1.15. The van der Waals surface area contributed by atoms with Gasteiger partial charge in [-0.15, -0.1) is 13.2 Å². The van der Waals surface area contributed by atoms with E-state index in [2.05, 4.69) is 13.2 Å². The summed E-state index contributed by atoms with van der Waals surface area (Å²) < 4.78 is 17.6. The fourth-order valence-electron chi connectivity index (χ4n) is 7.23. The summed E-state index contributed by atoms with van der Waals surface area (Å²) in [4.78, 5) is 48.3. The number of benzene rings is 2. The first kappa shape index (κ1) is 32.2. The van der Waals surface area contributed by atoms with Gasteiger partial charge in [-0.2, -0.15) is 0 Å². The van der Waals surface area contributed by atoms with Crippen LogP contribution in [0.15, 0.2) is 73.8 Å². The zero-order valence-corrected chi connectivity index (χ0v) is 26.1. The lowest BCUT2D eigenvalue weighted by Gasteiger charge is -2.37. The quantitative estimate of drug-likeness (QED) is 0.238. The predicted molar refractivity (Wildman–Crippen MR) is 171 cm³/mol. The number of methoxy groups -OCH3 is 1. The van der Waals surface area contributed by atoms with Crippen molar-refractivity contribution in [2.24, 2.45) is 11.8 Å². The Bertz CT molecular complexity index is 1390. The summed E-state index contributed by atoms with van der Waals surface area (Å²) >= 11 is 0. The topological polar surface area (TPSA) is 109 Å². The van der Waals surface area contributed by atoms with E-state index in [4.69, 9.17) is 14.2 Å². The number of hydrogen-bond donors (Lipinski definition) is 1. The van der Waals surface area contributed by atoms with Crippen molar-refractivity contribution in [3.8, 4) is 11.5 Å². The molecule has 2 aromatic rings. The van der Waals surface area contributed by atoms with Gasteiger partial charge in [0.1, 0.15) is 23.1 Å². The van der Waals surface area contributed by atoms with Crippen molar-refractivity contribution in [1.29, 1.82) is 0 Å². The van der Waals surface area contributed by atoms with Gasteiger partial charge in [0, 0.05) is 37.6 Å². The SMILES string of the molecule is C=CCN(C(=O)C1N(CCCCO)C(=O)[C@@H]2[C@@H](C(=O)N(CC=C)c3ccc(OCC)cc3)[C@H]3CCC12O3)c1ccc(OC)cc1. The van der Waals surface area contributed by atoms with Crippen molar-refractivity contribution in [1.82, 2.24) is 4.90 Å². The van der Waals surface area contributed by atoms with E-state index >= 15 is 0 Å². The number of nitrogens with zero attached hydrogens (tertiary/aromatic N) is 3. The summed E-state index contributed by atoms with van der Waals surface area (Å²) in [7, 11) is 1.58. The molecule has 3 aliphatic rings. The molecule has 3 amide bonds. The van der Waals surface area contributed by atoms with Crippen LogP contribution in [0.25, 0.3) is 0 Å². The van der Waals surface area contributed by atoms with E-state index in [0.29, 0.717) is 55.2 Å². The Morgan fingerprint density at radius 3 is 2.16 bits per heavy atom. The zero-order valence-electron chi connectivity index (χ0n) is 26.1. The summed E-state index contributed by atoms with van der Waals surface area (Å²) in [6.07, 6.45) is 4.84. The average Bonchev–Trinajstić information content (AvgIpc) is 3.70. The van der Waals surface area contributed by atoms with Crippen molar-refractivity contribution < 1.29 is 33.7 Å². The highest BCUT2D eigenvalue weighted by molar-refractivity contribution is 6.06. The van der Waals surface area contributed by atoms with Crippen LogP contribution in [0.1, 0.15) is 32.6 Å². The molecule has 3 saturated heterocycles. The van der Waals surface area contributed by atoms with E-state index in [1.807, 2.05) is 31.2 Å².